The number of carbonyl (C=O) groups is 2. The number of pyridine rings is 1. The fourth-order valence-electron chi connectivity index (χ4n) is 4.07. The molecule has 3 aromatic rings. The van der Waals surface area contributed by atoms with Gasteiger partial charge in [-0.1, -0.05) is 24.0 Å². The summed E-state index contributed by atoms with van der Waals surface area (Å²) in [6, 6.07) is 8.61. The molecule has 1 aliphatic heterocycles. The first-order valence-corrected chi connectivity index (χ1v) is 11.8. The maximum atomic E-state index is 13.2. The van der Waals surface area contributed by atoms with Gasteiger partial charge >= 0.3 is 6.03 Å². The lowest BCUT2D eigenvalue weighted by molar-refractivity contribution is -0.118. The molecule has 1 aromatic carbocycles. The normalized spacial score (nSPS) is 15.9. The van der Waals surface area contributed by atoms with E-state index < -0.39 is 17.6 Å². The second-order valence-electron chi connectivity index (χ2n) is 9.05. The van der Waals surface area contributed by atoms with Crippen molar-refractivity contribution in [2.45, 2.75) is 50.5 Å². The topological polar surface area (TPSA) is 114 Å². The number of aryl methyl sites for hydroxylation is 1. The smallest absolute Gasteiger partial charge is 0.339 e. The van der Waals surface area contributed by atoms with E-state index in [2.05, 4.69) is 28.0 Å². The van der Waals surface area contributed by atoms with Crippen LogP contribution in [0.4, 0.5) is 14.9 Å². The highest BCUT2D eigenvalue weighted by atomic mass is 19.1. The lowest BCUT2D eigenvalue weighted by Crippen LogP contribution is -2.34. The predicted molar refractivity (Wildman–Crippen MR) is 133 cm³/mol. The Balaban J connectivity index is 0.000000174. The first kappa shape index (κ1) is 25.1. The molecule has 0 unspecified atom stereocenters. The standard InChI is InChI=1S/C17H19NO2.C10H9FN4O/c1-18-15-12-13(8-11-17(20)9-3-10-17)6-7-14(15)4-2-5-16(18)19;11-9-8(2-1-3-13-9)4-7-5-14-15(6-7)10(12)16/h6-7,12,20H,2-5,9-10H2,1H3;1-3,5-6H,4H2,(H2,12,16). The van der Waals surface area contributed by atoms with Crippen LogP contribution in [0.2, 0.25) is 0 Å². The van der Waals surface area contributed by atoms with Crippen molar-refractivity contribution < 1.29 is 19.1 Å². The van der Waals surface area contributed by atoms with E-state index in [1.54, 1.807) is 17.0 Å². The molecule has 2 aromatic heterocycles. The van der Waals surface area contributed by atoms with Gasteiger partial charge in [-0.05, 0) is 61.4 Å². The molecule has 0 radical (unpaired) electrons. The van der Waals surface area contributed by atoms with Crippen molar-refractivity contribution in [3.63, 3.8) is 0 Å². The maximum Gasteiger partial charge on any atom is 0.339 e. The number of anilines is 1. The van der Waals surface area contributed by atoms with Crippen molar-refractivity contribution in [2.24, 2.45) is 5.73 Å². The zero-order valence-corrected chi connectivity index (χ0v) is 20.1. The molecule has 2 aliphatic rings. The number of rotatable bonds is 2. The van der Waals surface area contributed by atoms with Gasteiger partial charge in [0.05, 0.1) is 6.20 Å². The minimum atomic E-state index is -0.783. The Kier molecular flexibility index (Phi) is 7.46. The summed E-state index contributed by atoms with van der Waals surface area (Å²) in [6.07, 6.45) is 9.67. The molecule has 1 saturated carbocycles. The summed E-state index contributed by atoms with van der Waals surface area (Å²) in [4.78, 5) is 27.9. The number of hydrogen-bond donors (Lipinski definition) is 2. The van der Waals surface area contributed by atoms with Gasteiger partial charge in [0.15, 0.2) is 0 Å². The van der Waals surface area contributed by atoms with Gasteiger partial charge in [-0.3, -0.25) is 4.79 Å². The van der Waals surface area contributed by atoms with Crippen molar-refractivity contribution in [3.05, 3.63) is 77.1 Å². The van der Waals surface area contributed by atoms with E-state index in [-0.39, 0.29) is 5.91 Å². The van der Waals surface area contributed by atoms with Crippen LogP contribution in [-0.4, -0.2) is 44.5 Å². The molecular weight excluding hydrogens is 461 g/mol. The summed E-state index contributed by atoms with van der Waals surface area (Å²) in [5.41, 5.74) is 8.42. The van der Waals surface area contributed by atoms with Gasteiger partial charge in [0.2, 0.25) is 11.9 Å². The highest BCUT2D eigenvalue weighted by Gasteiger charge is 2.32. The van der Waals surface area contributed by atoms with E-state index in [9.17, 15) is 19.1 Å². The Labute approximate surface area is 208 Å². The Bertz CT molecular complexity index is 1340. The Morgan fingerprint density at radius 3 is 2.72 bits per heavy atom. The fraction of sp³-hybridized carbons (Fsp3) is 0.333. The molecular formula is C27H28FN5O3. The van der Waals surface area contributed by atoms with Gasteiger partial charge in [0, 0.05) is 49.1 Å². The van der Waals surface area contributed by atoms with Crippen LogP contribution in [0.5, 0.6) is 0 Å². The molecule has 0 bridgehead atoms. The number of fused-ring (bicyclic) bond motifs is 1. The van der Waals surface area contributed by atoms with Gasteiger partial charge in [0.25, 0.3) is 0 Å². The van der Waals surface area contributed by atoms with Crippen LogP contribution < -0.4 is 10.6 Å². The van der Waals surface area contributed by atoms with Crippen molar-refractivity contribution in [2.75, 3.05) is 11.9 Å². The zero-order chi connectivity index (χ0) is 25.7. The fourth-order valence-corrected chi connectivity index (χ4v) is 4.07. The number of hydrogen-bond acceptors (Lipinski definition) is 5. The summed E-state index contributed by atoms with van der Waals surface area (Å²) < 4.78 is 14.2. The summed E-state index contributed by atoms with van der Waals surface area (Å²) in [6.45, 7) is 0. The second kappa shape index (κ2) is 10.7. The molecule has 9 heteroatoms. The minimum Gasteiger partial charge on any atom is -0.378 e. The van der Waals surface area contributed by atoms with Gasteiger partial charge in [0.1, 0.15) is 5.60 Å². The molecule has 36 heavy (non-hydrogen) atoms. The van der Waals surface area contributed by atoms with Crippen molar-refractivity contribution >= 4 is 17.6 Å². The Morgan fingerprint density at radius 2 is 2.06 bits per heavy atom. The predicted octanol–water partition coefficient (Wildman–Crippen LogP) is 3.19. The van der Waals surface area contributed by atoms with E-state index in [1.165, 1.54) is 24.2 Å². The molecule has 8 nitrogen and oxygen atoms in total. The largest absolute Gasteiger partial charge is 0.378 e. The van der Waals surface area contributed by atoms with E-state index in [4.69, 9.17) is 5.73 Å². The average Bonchev–Trinajstić information content (AvgIpc) is 3.27. The number of halogens is 1. The highest BCUT2D eigenvalue weighted by Crippen LogP contribution is 2.31. The molecule has 1 aliphatic carbocycles. The van der Waals surface area contributed by atoms with E-state index in [1.807, 2.05) is 19.2 Å². The molecule has 3 heterocycles. The maximum absolute atomic E-state index is 13.2. The van der Waals surface area contributed by atoms with Crippen LogP contribution in [0.25, 0.3) is 0 Å². The third kappa shape index (κ3) is 5.96. The lowest BCUT2D eigenvalue weighted by atomic mass is 9.81. The zero-order valence-electron chi connectivity index (χ0n) is 20.1. The summed E-state index contributed by atoms with van der Waals surface area (Å²) >= 11 is 0. The van der Waals surface area contributed by atoms with Gasteiger partial charge in [-0.25, -0.2) is 9.78 Å². The van der Waals surface area contributed by atoms with Gasteiger partial charge < -0.3 is 15.7 Å². The summed E-state index contributed by atoms with van der Waals surface area (Å²) in [5.74, 6) is 5.66. The van der Waals surface area contributed by atoms with E-state index in [0.29, 0.717) is 24.0 Å². The number of nitrogens with zero attached hydrogens (tertiary/aromatic N) is 4. The summed E-state index contributed by atoms with van der Waals surface area (Å²) in [7, 11) is 1.82. The third-order valence-electron chi connectivity index (χ3n) is 6.37. The van der Waals surface area contributed by atoms with Gasteiger partial charge in [-0.2, -0.15) is 14.2 Å². The average molecular weight is 490 g/mol. The van der Waals surface area contributed by atoms with Crippen LogP contribution in [0, 0.1) is 17.8 Å². The van der Waals surface area contributed by atoms with Crippen LogP contribution >= 0.6 is 0 Å². The molecule has 2 amide bonds. The van der Waals surface area contributed by atoms with Crippen molar-refractivity contribution in [1.29, 1.82) is 0 Å². The number of nitrogens with two attached hydrogens (primary N) is 1. The van der Waals surface area contributed by atoms with Crippen LogP contribution in [-0.2, 0) is 17.6 Å². The first-order chi connectivity index (χ1) is 17.2. The number of benzene rings is 1. The number of aromatic nitrogens is 3. The lowest BCUT2D eigenvalue weighted by Gasteiger charge is -2.30. The summed E-state index contributed by atoms with van der Waals surface area (Å²) in [5, 5.41) is 13.8. The molecule has 5 rings (SSSR count). The first-order valence-electron chi connectivity index (χ1n) is 11.8. The Hall–Kier alpha value is -4.03. The monoisotopic (exact) mass is 489 g/mol. The molecule has 186 valence electrons. The Morgan fingerprint density at radius 1 is 1.25 bits per heavy atom. The number of amides is 2. The second-order valence-corrected chi connectivity index (χ2v) is 9.05. The number of carbonyl (C=O) groups excluding carboxylic acids is 2. The van der Waals surface area contributed by atoms with Crippen LogP contribution in [0.3, 0.4) is 0 Å². The molecule has 0 atom stereocenters. The molecule has 0 spiro atoms. The SMILES string of the molecule is CN1C(=O)CCCc2ccc(C#CC3(O)CCC3)cc21.NC(=O)n1cc(Cc2cccnc2F)cn1. The third-order valence-corrected chi connectivity index (χ3v) is 6.37. The number of primary amides is 1. The highest BCUT2D eigenvalue weighted by molar-refractivity contribution is 5.94. The minimum absolute atomic E-state index is 0.159. The van der Waals surface area contributed by atoms with E-state index in [0.717, 1.165) is 48.0 Å². The van der Waals surface area contributed by atoms with Crippen molar-refractivity contribution in [3.8, 4) is 11.8 Å². The molecule has 1 fully saturated rings. The molecule has 0 saturated heterocycles. The van der Waals surface area contributed by atoms with E-state index >= 15 is 0 Å². The van der Waals surface area contributed by atoms with Crippen LogP contribution in [0.1, 0.15) is 54.4 Å². The number of aliphatic hydroxyl groups is 1. The van der Waals surface area contributed by atoms with Gasteiger partial charge in [-0.15, -0.1) is 0 Å². The molecule has 3 N–H and O–H groups in total. The van der Waals surface area contributed by atoms with Crippen LogP contribution in [0.15, 0.2) is 48.9 Å². The quantitative estimate of drug-likeness (QED) is 0.424. The van der Waals surface area contributed by atoms with Crippen molar-refractivity contribution in [1.82, 2.24) is 14.8 Å².